The molecule has 3 aliphatic rings. The molecular weight excluding hydrogens is 463 g/mol. The van der Waals surface area contributed by atoms with E-state index in [2.05, 4.69) is 10.6 Å². The molecule has 0 aromatic heterocycles. The van der Waals surface area contributed by atoms with Crippen LogP contribution in [0.3, 0.4) is 0 Å². The molecule has 7 nitrogen and oxygen atoms in total. The van der Waals surface area contributed by atoms with Crippen LogP contribution in [0, 0.1) is 11.2 Å². The Morgan fingerprint density at radius 1 is 1.12 bits per heavy atom. The number of fused-ring (bicyclic) bond motifs is 3. The van der Waals surface area contributed by atoms with Gasteiger partial charge in [0.05, 0.1) is 23.7 Å². The summed E-state index contributed by atoms with van der Waals surface area (Å²) in [6.45, 7) is 0.0776. The fraction of sp³-hybridized carbons (Fsp3) is 0.440. The molecule has 0 spiro atoms. The molecule has 0 saturated heterocycles. The van der Waals surface area contributed by atoms with E-state index in [0.717, 1.165) is 17.4 Å². The smallest absolute Gasteiger partial charge is 0.258 e. The molecule has 9 heteroatoms. The summed E-state index contributed by atoms with van der Waals surface area (Å²) in [5.74, 6) is -0.200. The zero-order chi connectivity index (χ0) is 24.3. The van der Waals surface area contributed by atoms with Crippen molar-refractivity contribution in [3.05, 3.63) is 58.9 Å². The second-order valence-electron chi connectivity index (χ2n) is 9.10. The van der Waals surface area contributed by atoms with Crippen LogP contribution in [0.5, 0.6) is 11.5 Å². The molecule has 34 heavy (non-hydrogen) atoms. The average molecular weight is 491 g/mol. The van der Waals surface area contributed by atoms with Crippen molar-refractivity contribution in [3.8, 4) is 11.5 Å². The number of carbonyl (C=O) groups is 2. The first-order valence-electron chi connectivity index (χ1n) is 11.2. The van der Waals surface area contributed by atoms with Gasteiger partial charge in [0.1, 0.15) is 17.3 Å². The lowest BCUT2D eigenvalue weighted by atomic mass is 9.55. The molecule has 0 aliphatic heterocycles. The van der Waals surface area contributed by atoms with E-state index < -0.39 is 22.9 Å². The second-order valence-corrected chi connectivity index (χ2v) is 9.51. The Labute approximate surface area is 202 Å². The number of aliphatic hydroxyl groups is 1. The number of hydrogen-bond donors (Lipinski definition) is 3. The summed E-state index contributed by atoms with van der Waals surface area (Å²) in [4.78, 5) is 25.6. The molecule has 0 unspecified atom stereocenters. The minimum atomic E-state index is -0.863. The van der Waals surface area contributed by atoms with E-state index in [4.69, 9.17) is 21.1 Å². The highest BCUT2D eigenvalue weighted by Gasteiger charge is 2.58. The van der Waals surface area contributed by atoms with Gasteiger partial charge in [0.25, 0.3) is 5.91 Å². The number of ether oxygens (including phenoxy) is 2. The first kappa shape index (κ1) is 24.3. The molecule has 2 aromatic rings. The van der Waals surface area contributed by atoms with Gasteiger partial charge in [-0.1, -0.05) is 23.7 Å². The zero-order valence-corrected chi connectivity index (χ0v) is 19.7. The first-order valence-corrected chi connectivity index (χ1v) is 11.6. The van der Waals surface area contributed by atoms with Crippen LogP contribution in [0.2, 0.25) is 5.02 Å². The summed E-state index contributed by atoms with van der Waals surface area (Å²) in [5.41, 5.74) is -0.492. The fourth-order valence-electron chi connectivity index (χ4n) is 4.98. The Morgan fingerprint density at radius 3 is 2.41 bits per heavy atom. The number of benzene rings is 2. The monoisotopic (exact) mass is 490 g/mol. The van der Waals surface area contributed by atoms with E-state index in [1.165, 1.54) is 12.1 Å². The molecule has 1 atom stereocenters. The van der Waals surface area contributed by atoms with Crippen molar-refractivity contribution in [1.82, 2.24) is 10.6 Å². The zero-order valence-electron chi connectivity index (χ0n) is 18.9. The van der Waals surface area contributed by atoms with Crippen LogP contribution in [0.15, 0.2) is 42.5 Å². The number of rotatable bonds is 8. The lowest BCUT2D eigenvalue weighted by Crippen LogP contribution is -2.65. The highest BCUT2D eigenvalue weighted by molar-refractivity contribution is 6.30. The van der Waals surface area contributed by atoms with E-state index in [9.17, 15) is 19.1 Å². The Bertz CT molecular complexity index is 1050. The van der Waals surface area contributed by atoms with Crippen LogP contribution in [0.25, 0.3) is 0 Å². The summed E-state index contributed by atoms with van der Waals surface area (Å²) in [7, 11) is 1.60. The molecule has 3 N–H and O–H groups in total. The third kappa shape index (κ3) is 4.98. The molecule has 0 heterocycles. The van der Waals surface area contributed by atoms with Gasteiger partial charge in [0.2, 0.25) is 5.91 Å². The molecule has 5 rings (SSSR count). The highest BCUT2D eigenvalue weighted by Crippen LogP contribution is 2.52. The maximum absolute atomic E-state index is 13.5. The van der Waals surface area contributed by atoms with E-state index in [0.29, 0.717) is 38.6 Å². The van der Waals surface area contributed by atoms with Crippen molar-refractivity contribution in [1.29, 1.82) is 0 Å². The van der Waals surface area contributed by atoms with Crippen molar-refractivity contribution in [2.45, 2.75) is 50.3 Å². The quantitative estimate of drug-likeness (QED) is 0.527. The highest BCUT2D eigenvalue weighted by atomic mass is 35.5. The summed E-state index contributed by atoms with van der Waals surface area (Å²) < 4.78 is 24.1. The second kappa shape index (κ2) is 9.80. The summed E-state index contributed by atoms with van der Waals surface area (Å²) >= 11 is 5.66. The van der Waals surface area contributed by atoms with Gasteiger partial charge in [0.15, 0.2) is 6.61 Å². The number of carbonyl (C=O) groups excluding carboxylic acids is 2. The molecule has 2 bridgehead atoms. The summed E-state index contributed by atoms with van der Waals surface area (Å²) in [6.07, 6.45) is 1.56. The van der Waals surface area contributed by atoms with Gasteiger partial charge in [-0.2, -0.15) is 0 Å². The van der Waals surface area contributed by atoms with E-state index >= 15 is 0 Å². The minimum absolute atomic E-state index is 0.0226. The van der Waals surface area contributed by atoms with Gasteiger partial charge < -0.3 is 25.2 Å². The van der Waals surface area contributed by atoms with Crippen LogP contribution in [-0.2, 0) is 16.1 Å². The number of halogens is 2. The summed E-state index contributed by atoms with van der Waals surface area (Å²) in [5, 5.41) is 16.8. The predicted molar refractivity (Wildman–Crippen MR) is 124 cm³/mol. The van der Waals surface area contributed by atoms with Crippen LogP contribution >= 0.6 is 11.6 Å². The molecule has 3 aliphatic carbocycles. The van der Waals surface area contributed by atoms with E-state index in [1.807, 2.05) is 24.3 Å². The van der Waals surface area contributed by atoms with E-state index in [-0.39, 0.29) is 29.2 Å². The molecule has 182 valence electrons. The Morgan fingerprint density at radius 2 is 1.79 bits per heavy atom. The molecular formula is C25H28ClFN2O5. The average Bonchev–Trinajstić information content (AvgIpc) is 2.84. The van der Waals surface area contributed by atoms with Crippen molar-refractivity contribution in [2.24, 2.45) is 5.41 Å². The molecule has 0 radical (unpaired) electrons. The molecule has 3 fully saturated rings. The topological polar surface area (TPSA) is 96.9 Å². The number of methoxy groups -OCH3 is 1. The van der Waals surface area contributed by atoms with Gasteiger partial charge in [-0.05, 0) is 61.9 Å². The van der Waals surface area contributed by atoms with Crippen molar-refractivity contribution < 1.29 is 28.6 Å². The summed E-state index contributed by atoms with van der Waals surface area (Å²) in [6, 6.07) is 11.4. The van der Waals surface area contributed by atoms with E-state index in [1.54, 1.807) is 7.11 Å². The predicted octanol–water partition coefficient (Wildman–Crippen LogP) is 3.36. The maximum atomic E-state index is 13.5. The fourth-order valence-corrected chi connectivity index (χ4v) is 5.10. The first-order chi connectivity index (χ1) is 16.2. The van der Waals surface area contributed by atoms with Crippen LogP contribution < -0.4 is 20.1 Å². The third-order valence-corrected chi connectivity index (χ3v) is 7.36. The van der Waals surface area contributed by atoms with Crippen LogP contribution in [-0.4, -0.2) is 42.3 Å². The SMILES string of the molecule is COc1ccc(CNC(=O)C23CCC(NC(=O)COc4ccc(Cl)c(F)c4)(CC2)C[C@@H]3O)cc1. The lowest BCUT2D eigenvalue weighted by Gasteiger charge is -2.55. The van der Waals surface area contributed by atoms with Crippen molar-refractivity contribution in [3.63, 3.8) is 0 Å². The standard InChI is InChI=1S/C25H28ClFN2O5/c1-33-17-4-2-16(3-5-17)14-28-23(32)25-10-8-24(9-11-25,13-21(25)30)29-22(31)15-34-18-6-7-19(26)20(27)12-18/h2-7,12,21,30H,8-11,13-15H2,1H3,(H,28,32)(H,29,31)/t21-,24?,25?/m0/s1. The molecule has 2 aromatic carbocycles. The Hall–Kier alpha value is -2.84. The van der Waals surface area contributed by atoms with Gasteiger partial charge in [-0.3, -0.25) is 9.59 Å². The number of amides is 2. The van der Waals surface area contributed by atoms with Gasteiger partial charge in [0, 0.05) is 18.2 Å². The molecule has 3 saturated carbocycles. The van der Waals surface area contributed by atoms with Crippen LogP contribution in [0.4, 0.5) is 4.39 Å². The molecule has 2 amide bonds. The Balaban J connectivity index is 1.30. The normalized spacial score (nSPS) is 25.5. The van der Waals surface area contributed by atoms with Gasteiger partial charge >= 0.3 is 0 Å². The third-order valence-electron chi connectivity index (χ3n) is 7.05. The van der Waals surface area contributed by atoms with Crippen LogP contribution in [0.1, 0.15) is 37.7 Å². The van der Waals surface area contributed by atoms with Gasteiger partial charge in [-0.25, -0.2) is 4.39 Å². The van der Waals surface area contributed by atoms with Crippen molar-refractivity contribution in [2.75, 3.05) is 13.7 Å². The van der Waals surface area contributed by atoms with Gasteiger partial charge in [-0.15, -0.1) is 0 Å². The largest absolute Gasteiger partial charge is 0.497 e. The number of hydrogen-bond acceptors (Lipinski definition) is 5. The van der Waals surface area contributed by atoms with Crippen molar-refractivity contribution >= 4 is 23.4 Å². The maximum Gasteiger partial charge on any atom is 0.258 e. The number of aliphatic hydroxyl groups excluding tert-OH is 1. The lowest BCUT2D eigenvalue weighted by molar-refractivity contribution is -0.156. The minimum Gasteiger partial charge on any atom is -0.497 e. The number of nitrogens with one attached hydrogen (secondary N) is 2. The Kier molecular flexibility index (Phi) is 7.00.